The van der Waals surface area contributed by atoms with Crippen molar-refractivity contribution in [1.82, 2.24) is 0 Å². The first kappa shape index (κ1) is 15.6. The third-order valence-electron chi connectivity index (χ3n) is 3.62. The Bertz CT molecular complexity index is 693. The first-order valence-electron chi connectivity index (χ1n) is 7.38. The van der Waals surface area contributed by atoms with E-state index in [4.69, 9.17) is 10.00 Å². The molecule has 1 atom stereocenters. The van der Waals surface area contributed by atoms with Crippen molar-refractivity contribution < 1.29 is 4.74 Å². The molecule has 1 unspecified atom stereocenters. The van der Waals surface area contributed by atoms with Gasteiger partial charge in [0, 0.05) is 6.42 Å². The molecule has 0 heterocycles. The third-order valence-corrected chi connectivity index (χ3v) is 3.62. The average molecular weight is 290 g/mol. The molecule has 0 radical (unpaired) electrons. The lowest BCUT2D eigenvalue weighted by molar-refractivity contribution is 0.303. The van der Waals surface area contributed by atoms with Crippen LogP contribution in [0.5, 0.6) is 5.75 Å². The van der Waals surface area contributed by atoms with E-state index in [0.717, 1.165) is 17.7 Å². The molecule has 0 fully saturated rings. The summed E-state index contributed by atoms with van der Waals surface area (Å²) in [6.07, 6.45) is 1.55. The molecule has 22 heavy (non-hydrogen) atoms. The zero-order valence-corrected chi connectivity index (χ0v) is 12.6. The number of ether oxygens (including phenoxy) is 1. The number of para-hydroxylation sites is 1. The van der Waals surface area contributed by atoms with Crippen LogP contribution in [0.25, 0.3) is 0 Å². The zero-order valence-electron chi connectivity index (χ0n) is 12.6. The second-order valence-electron chi connectivity index (χ2n) is 5.01. The Kier molecular flexibility index (Phi) is 5.57. The molecule has 3 nitrogen and oxygen atoms in total. The normalized spacial score (nSPS) is 11.2. The molecule has 0 aliphatic heterocycles. The fourth-order valence-corrected chi connectivity index (χ4v) is 2.32. The Labute approximate surface area is 131 Å². The van der Waals surface area contributed by atoms with Crippen LogP contribution in [-0.2, 0) is 6.42 Å². The van der Waals surface area contributed by atoms with E-state index in [1.54, 1.807) is 12.1 Å². The number of rotatable bonds is 6. The van der Waals surface area contributed by atoms with Crippen LogP contribution >= 0.6 is 0 Å². The Morgan fingerprint density at radius 3 is 2.41 bits per heavy atom. The maximum Gasteiger partial charge on any atom is 0.122 e. The SMILES string of the molecule is CCc1ccccc1OCCC(C#N)c1ccc(C#N)cc1. The Morgan fingerprint density at radius 1 is 1.05 bits per heavy atom. The van der Waals surface area contributed by atoms with E-state index in [9.17, 15) is 5.26 Å². The molecule has 110 valence electrons. The maximum absolute atomic E-state index is 9.33. The highest BCUT2D eigenvalue weighted by Crippen LogP contribution is 2.22. The van der Waals surface area contributed by atoms with Crippen LogP contribution in [0.15, 0.2) is 48.5 Å². The standard InChI is InChI=1S/C19H18N2O/c1-2-16-5-3-4-6-19(16)22-12-11-18(14-21)17-9-7-15(13-20)8-10-17/h3-10,18H,2,11-12H2,1H3. The molecule has 0 spiro atoms. The van der Waals surface area contributed by atoms with Crippen molar-refractivity contribution in [3.8, 4) is 17.9 Å². The largest absolute Gasteiger partial charge is 0.493 e. The minimum Gasteiger partial charge on any atom is -0.493 e. The van der Waals surface area contributed by atoms with Gasteiger partial charge in [-0.3, -0.25) is 0 Å². The summed E-state index contributed by atoms with van der Waals surface area (Å²) in [7, 11) is 0. The number of nitrogens with zero attached hydrogens (tertiary/aromatic N) is 2. The molecular weight excluding hydrogens is 272 g/mol. The van der Waals surface area contributed by atoms with E-state index < -0.39 is 0 Å². The van der Waals surface area contributed by atoms with Crippen LogP contribution in [-0.4, -0.2) is 6.61 Å². The molecule has 0 aliphatic rings. The summed E-state index contributed by atoms with van der Waals surface area (Å²) in [5, 5.41) is 18.1. The van der Waals surface area contributed by atoms with Crippen molar-refractivity contribution in [3.05, 3.63) is 65.2 Å². The number of nitriles is 2. The molecule has 0 N–H and O–H groups in total. The van der Waals surface area contributed by atoms with Gasteiger partial charge in [0.2, 0.25) is 0 Å². The monoisotopic (exact) mass is 290 g/mol. The van der Waals surface area contributed by atoms with Crippen molar-refractivity contribution in [1.29, 1.82) is 10.5 Å². The molecule has 2 aromatic carbocycles. The molecular formula is C19H18N2O. The van der Waals surface area contributed by atoms with Gasteiger partial charge in [0.1, 0.15) is 5.75 Å². The van der Waals surface area contributed by atoms with Gasteiger partial charge in [-0.05, 0) is 35.7 Å². The van der Waals surface area contributed by atoms with E-state index in [-0.39, 0.29) is 5.92 Å². The van der Waals surface area contributed by atoms with Gasteiger partial charge < -0.3 is 4.74 Å². The Morgan fingerprint density at radius 2 is 1.77 bits per heavy atom. The third kappa shape index (κ3) is 3.87. The van der Waals surface area contributed by atoms with Gasteiger partial charge in [0.05, 0.1) is 30.2 Å². The van der Waals surface area contributed by atoms with Gasteiger partial charge in [-0.25, -0.2) is 0 Å². The molecule has 0 aliphatic carbocycles. The van der Waals surface area contributed by atoms with Gasteiger partial charge in [0.15, 0.2) is 0 Å². The minimum absolute atomic E-state index is 0.221. The Hall–Kier alpha value is -2.78. The van der Waals surface area contributed by atoms with E-state index in [0.29, 0.717) is 18.6 Å². The van der Waals surface area contributed by atoms with Crippen molar-refractivity contribution >= 4 is 0 Å². The molecule has 0 aromatic heterocycles. The molecule has 3 heteroatoms. The number of hydrogen-bond acceptors (Lipinski definition) is 3. The Balaban J connectivity index is 1.97. The molecule has 0 bridgehead atoms. The molecule has 0 saturated carbocycles. The van der Waals surface area contributed by atoms with Gasteiger partial charge in [-0.1, -0.05) is 37.3 Å². The van der Waals surface area contributed by atoms with Crippen LogP contribution in [0.4, 0.5) is 0 Å². The van der Waals surface area contributed by atoms with Gasteiger partial charge >= 0.3 is 0 Å². The van der Waals surface area contributed by atoms with Crippen molar-refractivity contribution in [3.63, 3.8) is 0 Å². The lowest BCUT2D eigenvalue weighted by atomic mass is 9.97. The summed E-state index contributed by atoms with van der Waals surface area (Å²) < 4.78 is 5.82. The lowest BCUT2D eigenvalue weighted by Crippen LogP contribution is -2.05. The summed E-state index contributed by atoms with van der Waals surface area (Å²) in [5.41, 5.74) is 2.71. The lowest BCUT2D eigenvalue weighted by Gasteiger charge is -2.13. The highest BCUT2D eigenvalue weighted by Gasteiger charge is 2.11. The number of benzene rings is 2. The van der Waals surface area contributed by atoms with Gasteiger partial charge in [0.25, 0.3) is 0 Å². The van der Waals surface area contributed by atoms with Crippen molar-refractivity contribution in [2.24, 2.45) is 0 Å². The van der Waals surface area contributed by atoms with Crippen LogP contribution in [0.2, 0.25) is 0 Å². The van der Waals surface area contributed by atoms with Crippen molar-refractivity contribution in [2.45, 2.75) is 25.7 Å². The van der Waals surface area contributed by atoms with Crippen LogP contribution in [0.1, 0.15) is 36.0 Å². The van der Waals surface area contributed by atoms with Gasteiger partial charge in [-0.15, -0.1) is 0 Å². The maximum atomic E-state index is 9.33. The first-order valence-corrected chi connectivity index (χ1v) is 7.38. The van der Waals surface area contributed by atoms with E-state index >= 15 is 0 Å². The van der Waals surface area contributed by atoms with Crippen LogP contribution in [0.3, 0.4) is 0 Å². The van der Waals surface area contributed by atoms with E-state index in [1.807, 2.05) is 30.3 Å². The smallest absolute Gasteiger partial charge is 0.122 e. The highest BCUT2D eigenvalue weighted by molar-refractivity contribution is 5.35. The highest BCUT2D eigenvalue weighted by atomic mass is 16.5. The van der Waals surface area contributed by atoms with E-state index in [2.05, 4.69) is 25.1 Å². The summed E-state index contributed by atoms with van der Waals surface area (Å²) in [5.74, 6) is 0.669. The zero-order chi connectivity index (χ0) is 15.8. The number of aryl methyl sites for hydroxylation is 1. The topological polar surface area (TPSA) is 56.8 Å². The summed E-state index contributed by atoms with van der Waals surface area (Å²) in [6.45, 7) is 2.59. The summed E-state index contributed by atoms with van der Waals surface area (Å²) in [6, 6.07) is 19.5. The summed E-state index contributed by atoms with van der Waals surface area (Å²) >= 11 is 0. The predicted octanol–water partition coefficient (Wildman–Crippen LogP) is 4.20. The quantitative estimate of drug-likeness (QED) is 0.801. The molecule has 0 amide bonds. The van der Waals surface area contributed by atoms with Gasteiger partial charge in [-0.2, -0.15) is 10.5 Å². The summed E-state index contributed by atoms with van der Waals surface area (Å²) in [4.78, 5) is 0. The average Bonchev–Trinajstić information content (AvgIpc) is 2.59. The fraction of sp³-hybridized carbons (Fsp3) is 0.263. The second kappa shape index (κ2) is 7.86. The molecule has 2 rings (SSSR count). The number of hydrogen-bond donors (Lipinski definition) is 0. The van der Waals surface area contributed by atoms with Crippen LogP contribution in [0, 0.1) is 22.7 Å². The van der Waals surface area contributed by atoms with E-state index in [1.165, 1.54) is 5.56 Å². The van der Waals surface area contributed by atoms with Crippen LogP contribution < -0.4 is 4.74 Å². The predicted molar refractivity (Wildman–Crippen MR) is 85.4 cm³/mol. The molecule has 0 saturated heterocycles. The minimum atomic E-state index is -0.221. The van der Waals surface area contributed by atoms with Crippen molar-refractivity contribution in [2.75, 3.05) is 6.61 Å². The first-order chi connectivity index (χ1) is 10.8. The molecule has 2 aromatic rings. The fourth-order valence-electron chi connectivity index (χ4n) is 2.32. The second-order valence-corrected chi connectivity index (χ2v) is 5.01.